The third-order valence-electron chi connectivity index (χ3n) is 4.61. The lowest BCUT2D eigenvalue weighted by Gasteiger charge is -2.55. The summed E-state index contributed by atoms with van der Waals surface area (Å²) in [6.07, 6.45) is 0.637. The molecule has 0 bridgehead atoms. The summed E-state index contributed by atoms with van der Waals surface area (Å²) in [7, 11) is 0. The van der Waals surface area contributed by atoms with Crippen LogP contribution in [0.1, 0.15) is 20.3 Å². The third kappa shape index (κ3) is 1.86. The van der Waals surface area contributed by atoms with E-state index in [9.17, 15) is 22.0 Å². The molecule has 0 spiro atoms. The molecule has 21 heavy (non-hydrogen) atoms. The quantitative estimate of drug-likeness (QED) is 0.512. The molecule has 1 aliphatic heterocycles. The molecule has 1 aliphatic carbocycles. The van der Waals surface area contributed by atoms with Crippen molar-refractivity contribution < 1.29 is 26.7 Å². The fourth-order valence-electron chi connectivity index (χ4n) is 3.50. The SMILES string of the molecule is CC1(C)C(Nc2c(F)c(F)c(F)c(F)c2F)C2CCOC21. The van der Waals surface area contributed by atoms with E-state index in [1.807, 2.05) is 13.8 Å². The Labute approximate surface area is 118 Å². The summed E-state index contributed by atoms with van der Waals surface area (Å²) in [4.78, 5) is 0. The highest BCUT2D eigenvalue weighted by molar-refractivity contribution is 5.50. The molecule has 1 aromatic carbocycles. The van der Waals surface area contributed by atoms with Crippen molar-refractivity contribution in [2.24, 2.45) is 11.3 Å². The van der Waals surface area contributed by atoms with Gasteiger partial charge in [0.25, 0.3) is 0 Å². The number of benzene rings is 1. The smallest absolute Gasteiger partial charge is 0.200 e. The summed E-state index contributed by atoms with van der Waals surface area (Å²) in [6.45, 7) is 4.21. The van der Waals surface area contributed by atoms with Gasteiger partial charge in [-0.3, -0.25) is 0 Å². The molecule has 3 atom stereocenters. The molecule has 3 unspecified atom stereocenters. The number of fused-ring (bicyclic) bond motifs is 1. The maximum absolute atomic E-state index is 13.7. The standard InChI is InChI=1S/C14H14F5NO/c1-14(2)12(5-3-4-21-13(5)14)20-11-9(18)7(16)6(15)8(17)10(11)19/h5,12-13,20H,3-4H2,1-2H3. The van der Waals surface area contributed by atoms with Crippen molar-refractivity contribution in [2.75, 3.05) is 11.9 Å². The normalized spacial score (nSPS) is 30.0. The van der Waals surface area contributed by atoms with Crippen LogP contribution in [0.3, 0.4) is 0 Å². The van der Waals surface area contributed by atoms with Gasteiger partial charge in [0.15, 0.2) is 23.3 Å². The van der Waals surface area contributed by atoms with E-state index in [2.05, 4.69) is 5.32 Å². The van der Waals surface area contributed by atoms with Gasteiger partial charge < -0.3 is 10.1 Å². The second-order valence-electron chi connectivity index (χ2n) is 6.13. The zero-order chi connectivity index (χ0) is 15.5. The molecule has 0 radical (unpaired) electrons. The zero-order valence-corrected chi connectivity index (χ0v) is 11.4. The van der Waals surface area contributed by atoms with E-state index in [-0.39, 0.29) is 12.0 Å². The first kappa shape index (κ1) is 14.6. The van der Waals surface area contributed by atoms with Gasteiger partial charge in [0.05, 0.1) is 6.10 Å². The van der Waals surface area contributed by atoms with E-state index < -0.39 is 46.2 Å². The largest absolute Gasteiger partial charge is 0.377 e. The van der Waals surface area contributed by atoms with Crippen LogP contribution in [0.15, 0.2) is 0 Å². The van der Waals surface area contributed by atoms with Gasteiger partial charge in [-0.2, -0.15) is 0 Å². The first-order valence-electron chi connectivity index (χ1n) is 6.66. The highest BCUT2D eigenvalue weighted by atomic mass is 19.2. The van der Waals surface area contributed by atoms with Gasteiger partial charge >= 0.3 is 0 Å². The highest BCUT2D eigenvalue weighted by Gasteiger charge is 2.59. The topological polar surface area (TPSA) is 21.3 Å². The third-order valence-corrected chi connectivity index (χ3v) is 4.61. The molecular weight excluding hydrogens is 293 g/mol. The number of nitrogens with one attached hydrogen (secondary N) is 1. The molecule has 1 aromatic rings. The van der Waals surface area contributed by atoms with Crippen molar-refractivity contribution in [3.05, 3.63) is 29.1 Å². The van der Waals surface area contributed by atoms with Crippen molar-refractivity contribution in [3.63, 3.8) is 0 Å². The fraction of sp³-hybridized carbons (Fsp3) is 0.571. The molecule has 2 fully saturated rings. The minimum absolute atomic E-state index is 0.00924. The number of hydrogen-bond donors (Lipinski definition) is 1. The molecule has 1 N–H and O–H groups in total. The van der Waals surface area contributed by atoms with Gasteiger partial charge in [0.2, 0.25) is 5.82 Å². The predicted molar refractivity (Wildman–Crippen MR) is 65.3 cm³/mol. The van der Waals surface area contributed by atoms with E-state index in [0.717, 1.165) is 0 Å². The average molecular weight is 307 g/mol. The van der Waals surface area contributed by atoms with Crippen LogP contribution < -0.4 is 5.32 Å². The average Bonchev–Trinajstić information content (AvgIpc) is 2.90. The lowest BCUT2D eigenvalue weighted by molar-refractivity contribution is -0.0924. The van der Waals surface area contributed by atoms with Crippen LogP contribution >= 0.6 is 0 Å². The van der Waals surface area contributed by atoms with Crippen LogP contribution in [0.5, 0.6) is 0 Å². The van der Waals surface area contributed by atoms with Gasteiger partial charge in [0, 0.05) is 24.0 Å². The monoisotopic (exact) mass is 307 g/mol. The molecule has 7 heteroatoms. The van der Waals surface area contributed by atoms with Crippen LogP contribution in [0.4, 0.5) is 27.6 Å². The fourth-order valence-corrected chi connectivity index (χ4v) is 3.50. The van der Waals surface area contributed by atoms with Crippen molar-refractivity contribution >= 4 is 5.69 Å². The summed E-state index contributed by atoms with van der Waals surface area (Å²) in [6, 6.07) is -0.404. The van der Waals surface area contributed by atoms with Crippen LogP contribution in [0.2, 0.25) is 0 Å². The lowest BCUT2D eigenvalue weighted by atomic mass is 9.57. The summed E-state index contributed by atoms with van der Waals surface area (Å²) in [5.41, 5.74) is -1.41. The summed E-state index contributed by atoms with van der Waals surface area (Å²) in [5.74, 6) is -9.67. The zero-order valence-electron chi connectivity index (χ0n) is 11.4. The van der Waals surface area contributed by atoms with Gasteiger partial charge in [-0.05, 0) is 6.42 Å². The maximum atomic E-state index is 13.7. The minimum Gasteiger partial charge on any atom is -0.377 e. The van der Waals surface area contributed by atoms with Crippen LogP contribution in [-0.2, 0) is 4.74 Å². The van der Waals surface area contributed by atoms with Gasteiger partial charge in [0.1, 0.15) is 5.69 Å². The molecule has 2 aliphatic rings. The summed E-state index contributed by atoms with van der Waals surface area (Å²) < 4.78 is 72.4. The number of rotatable bonds is 2. The first-order chi connectivity index (χ1) is 9.76. The first-order valence-corrected chi connectivity index (χ1v) is 6.66. The molecule has 3 rings (SSSR count). The maximum Gasteiger partial charge on any atom is 0.200 e. The van der Waals surface area contributed by atoms with E-state index in [4.69, 9.17) is 4.74 Å². The molecular formula is C14H14F5NO. The Balaban J connectivity index is 1.96. The number of ether oxygens (including phenoxy) is 1. The number of hydrogen-bond acceptors (Lipinski definition) is 2. The highest BCUT2D eigenvalue weighted by Crippen LogP contribution is 2.53. The minimum atomic E-state index is -2.15. The molecule has 1 saturated carbocycles. The lowest BCUT2D eigenvalue weighted by Crippen LogP contribution is -2.63. The summed E-state index contributed by atoms with van der Waals surface area (Å²) in [5, 5.41) is 2.51. The van der Waals surface area contributed by atoms with Crippen molar-refractivity contribution in [1.29, 1.82) is 0 Å². The number of halogens is 5. The van der Waals surface area contributed by atoms with Crippen molar-refractivity contribution in [1.82, 2.24) is 0 Å². The molecule has 2 nitrogen and oxygen atoms in total. The Morgan fingerprint density at radius 3 is 2.05 bits per heavy atom. The molecule has 116 valence electrons. The summed E-state index contributed by atoms with van der Waals surface area (Å²) >= 11 is 0. The Kier molecular flexibility index (Phi) is 3.16. The Hall–Kier alpha value is -1.37. The van der Waals surface area contributed by atoms with Gasteiger partial charge in [-0.25, -0.2) is 22.0 Å². The molecule has 0 amide bonds. The van der Waals surface area contributed by atoms with Gasteiger partial charge in [-0.1, -0.05) is 13.8 Å². The van der Waals surface area contributed by atoms with E-state index >= 15 is 0 Å². The van der Waals surface area contributed by atoms with Crippen LogP contribution in [-0.4, -0.2) is 18.8 Å². The van der Waals surface area contributed by atoms with E-state index in [1.54, 1.807) is 0 Å². The second-order valence-corrected chi connectivity index (χ2v) is 6.13. The van der Waals surface area contributed by atoms with Gasteiger partial charge in [-0.15, -0.1) is 0 Å². The predicted octanol–water partition coefficient (Wildman–Crippen LogP) is 3.61. The van der Waals surface area contributed by atoms with E-state index in [0.29, 0.717) is 13.0 Å². The Bertz CT molecular complexity index is 575. The Morgan fingerprint density at radius 1 is 0.952 bits per heavy atom. The molecule has 0 aromatic heterocycles. The second kappa shape index (κ2) is 4.56. The number of anilines is 1. The van der Waals surface area contributed by atoms with Crippen molar-refractivity contribution in [2.45, 2.75) is 32.4 Å². The molecule has 1 heterocycles. The Morgan fingerprint density at radius 2 is 1.48 bits per heavy atom. The molecule has 1 saturated heterocycles. The van der Waals surface area contributed by atoms with Crippen LogP contribution in [0.25, 0.3) is 0 Å². The van der Waals surface area contributed by atoms with E-state index in [1.165, 1.54) is 0 Å². The van der Waals surface area contributed by atoms with Crippen molar-refractivity contribution in [3.8, 4) is 0 Å². The van der Waals surface area contributed by atoms with Crippen LogP contribution in [0, 0.1) is 40.4 Å².